The third-order valence-electron chi connectivity index (χ3n) is 6.95. The Morgan fingerprint density at radius 3 is 2.54 bits per heavy atom. The maximum atomic E-state index is 13.5. The largest absolute Gasteiger partial charge is 0.489 e. The first-order valence-electron chi connectivity index (χ1n) is 12.2. The number of para-hydroxylation sites is 1. The number of ether oxygens (including phenoxy) is 2. The second-order valence-corrected chi connectivity index (χ2v) is 10.0. The number of hydrogen-bond donors (Lipinski definition) is 0. The van der Waals surface area contributed by atoms with Crippen molar-refractivity contribution in [1.82, 2.24) is 9.88 Å². The van der Waals surface area contributed by atoms with Crippen molar-refractivity contribution in [2.75, 3.05) is 13.7 Å². The number of benzene rings is 2. The van der Waals surface area contributed by atoms with E-state index in [0.717, 1.165) is 33.5 Å². The Balaban J connectivity index is 1.49. The van der Waals surface area contributed by atoms with E-state index in [-0.39, 0.29) is 17.8 Å². The molecule has 184 valence electrons. The standard InChI is InChI=1S/C29H34N2O4/c1-19(2)16-26(27(32)34-5)31-15-14-29(4,28(31)33)22-10-12-23(13-11-22)35-18-21-17-20(3)30-25-9-7-6-8-24(21)25/h6-13,17,19,26H,14-16,18H2,1-5H3/t26-,29+/m1/s1. The number of pyridine rings is 1. The lowest BCUT2D eigenvalue weighted by Gasteiger charge is -2.29. The third-order valence-corrected chi connectivity index (χ3v) is 6.95. The SMILES string of the molecule is COC(=O)[C@@H](CC(C)C)N1CC[C@@](C)(c2ccc(OCc3cc(C)nc4ccccc34)cc2)C1=O. The highest BCUT2D eigenvalue weighted by atomic mass is 16.5. The van der Waals surface area contributed by atoms with Crippen LogP contribution in [-0.4, -0.2) is 41.5 Å². The van der Waals surface area contributed by atoms with Gasteiger partial charge in [-0.2, -0.15) is 0 Å². The minimum Gasteiger partial charge on any atom is -0.489 e. The average Bonchev–Trinajstić information content (AvgIpc) is 3.15. The lowest BCUT2D eigenvalue weighted by molar-refractivity contribution is -0.152. The molecule has 0 unspecified atom stereocenters. The molecule has 0 aliphatic carbocycles. The lowest BCUT2D eigenvalue weighted by atomic mass is 9.81. The zero-order valence-electron chi connectivity index (χ0n) is 21.2. The van der Waals surface area contributed by atoms with Crippen molar-refractivity contribution < 1.29 is 19.1 Å². The van der Waals surface area contributed by atoms with Gasteiger partial charge in [0.25, 0.3) is 0 Å². The maximum absolute atomic E-state index is 13.5. The number of fused-ring (bicyclic) bond motifs is 1. The predicted molar refractivity (Wildman–Crippen MR) is 136 cm³/mol. The van der Waals surface area contributed by atoms with E-state index in [4.69, 9.17) is 9.47 Å². The molecule has 2 heterocycles. The number of carbonyl (C=O) groups excluding carboxylic acids is 2. The van der Waals surface area contributed by atoms with Crippen molar-refractivity contribution in [3.8, 4) is 5.75 Å². The molecule has 2 aromatic carbocycles. The molecule has 0 bridgehead atoms. The second kappa shape index (κ2) is 10.1. The third kappa shape index (κ3) is 5.02. The first kappa shape index (κ1) is 24.7. The molecule has 0 spiro atoms. The molecule has 1 fully saturated rings. The Morgan fingerprint density at radius 1 is 1.14 bits per heavy atom. The predicted octanol–water partition coefficient (Wildman–Crippen LogP) is 5.20. The maximum Gasteiger partial charge on any atom is 0.328 e. The molecule has 0 radical (unpaired) electrons. The van der Waals surface area contributed by atoms with Gasteiger partial charge in [0, 0.05) is 23.2 Å². The molecule has 0 saturated carbocycles. The molecule has 0 N–H and O–H groups in total. The minimum absolute atomic E-state index is 0.0269. The molecule has 1 aliphatic rings. The Hall–Kier alpha value is -3.41. The van der Waals surface area contributed by atoms with E-state index in [1.54, 1.807) is 4.90 Å². The number of aryl methyl sites for hydroxylation is 1. The quantitative estimate of drug-likeness (QED) is 0.420. The highest BCUT2D eigenvalue weighted by Gasteiger charge is 2.48. The fourth-order valence-electron chi connectivity index (χ4n) is 4.96. The van der Waals surface area contributed by atoms with E-state index in [0.29, 0.717) is 26.0 Å². The number of likely N-dealkylation sites (tertiary alicyclic amines) is 1. The van der Waals surface area contributed by atoms with Crippen LogP contribution in [0.2, 0.25) is 0 Å². The minimum atomic E-state index is -0.680. The van der Waals surface area contributed by atoms with E-state index in [2.05, 4.69) is 17.1 Å². The Morgan fingerprint density at radius 2 is 1.86 bits per heavy atom. The van der Waals surface area contributed by atoms with E-state index < -0.39 is 11.5 Å². The van der Waals surface area contributed by atoms with Gasteiger partial charge in [0.1, 0.15) is 18.4 Å². The van der Waals surface area contributed by atoms with Crippen LogP contribution >= 0.6 is 0 Å². The van der Waals surface area contributed by atoms with E-state index in [1.807, 2.05) is 70.2 Å². The van der Waals surface area contributed by atoms with E-state index in [9.17, 15) is 9.59 Å². The van der Waals surface area contributed by atoms with Crippen LogP contribution in [0.1, 0.15) is 50.4 Å². The smallest absolute Gasteiger partial charge is 0.328 e. The Kier molecular flexibility index (Phi) is 7.10. The van der Waals surface area contributed by atoms with Crippen molar-refractivity contribution in [1.29, 1.82) is 0 Å². The Bertz CT molecular complexity index is 1220. The number of rotatable bonds is 8. The molecule has 1 amide bonds. The molecular formula is C29H34N2O4. The van der Waals surface area contributed by atoms with Crippen LogP contribution in [0.3, 0.4) is 0 Å². The van der Waals surface area contributed by atoms with Gasteiger partial charge in [-0.25, -0.2) is 4.79 Å². The molecule has 4 rings (SSSR count). The summed E-state index contributed by atoms with van der Waals surface area (Å²) in [7, 11) is 1.38. The summed E-state index contributed by atoms with van der Waals surface area (Å²) in [5.74, 6) is 0.641. The van der Waals surface area contributed by atoms with Gasteiger partial charge in [-0.05, 0) is 62.4 Å². The van der Waals surface area contributed by atoms with Gasteiger partial charge in [0.15, 0.2) is 0 Å². The van der Waals surface area contributed by atoms with Gasteiger partial charge >= 0.3 is 5.97 Å². The first-order chi connectivity index (χ1) is 16.7. The summed E-state index contributed by atoms with van der Waals surface area (Å²) in [5, 5.41) is 1.08. The van der Waals surface area contributed by atoms with Crippen LogP contribution in [-0.2, 0) is 26.3 Å². The van der Waals surface area contributed by atoms with E-state index in [1.165, 1.54) is 7.11 Å². The number of esters is 1. The van der Waals surface area contributed by atoms with Crippen molar-refractivity contribution >= 4 is 22.8 Å². The second-order valence-electron chi connectivity index (χ2n) is 10.0. The van der Waals surface area contributed by atoms with Gasteiger partial charge in [-0.3, -0.25) is 9.78 Å². The average molecular weight is 475 g/mol. The molecular weight excluding hydrogens is 440 g/mol. The molecule has 1 aromatic heterocycles. The fourth-order valence-corrected chi connectivity index (χ4v) is 4.96. The molecule has 35 heavy (non-hydrogen) atoms. The van der Waals surface area contributed by atoms with Crippen molar-refractivity contribution in [2.24, 2.45) is 5.92 Å². The highest BCUT2D eigenvalue weighted by Crippen LogP contribution is 2.38. The van der Waals surface area contributed by atoms with Crippen molar-refractivity contribution in [2.45, 2.75) is 58.6 Å². The summed E-state index contributed by atoms with van der Waals surface area (Å²) in [4.78, 5) is 32.2. The van der Waals surface area contributed by atoms with E-state index >= 15 is 0 Å². The summed E-state index contributed by atoms with van der Waals surface area (Å²) in [6, 6.07) is 17.3. The van der Waals surface area contributed by atoms with Crippen molar-refractivity contribution in [3.05, 3.63) is 71.4 Å². The number of carbonyl (C=O) groups is 2. The normalized spacial score (nSPS) is 18.8. The van der Waals surface area contributed by atoms with Crippen molar-refractivity contribution in [3.63, 3.8) is 0 Å². The molecule has 3 aromatic rings. The topological polar surface area (TPSA) is 68.7 Å². The number of amides is 1. The summed E-state index contributed by atoms with van der Waals surface area (Å²) in [6.45, 7) is 9.01. The van der Waals surface area contributed by atoms with Crippen LogP contribution < -0.4 is 4.74 Å². The zero-order chi connectivity index (χ0) is 25.2. The first-order valence-corrected chi connectivity index (χ1v) is 12.2. The van der Waals surface area contributed by atoms with Gasteiger partial charge in [0.2, 0.25) is 5.91 Å². The van der Waals surface area contributed by atoms with Crippen LogP contribution in [0.15, 0.2) is 54.6 Å². The van der Waals surface area contributed by atoms with Gasteiger partial charge in [-0.1, -0.05) is 44.2 Å². The summed E-state index contributed by atoms with van der Waals surface area (Å²) >= 11 is 0. The van der Waals surface area contributed by atoms with Gasteiger partial charge in [0.05, 0.1) is 18.0 Å². The lowest BCUT2D eigenvalue weighted by Crippen LogP contribution is -2.46. The van der Waals surface area contributed by atoms with Gasteiger partial charge in [-0.15, -0.1) is 0 Å². The summed E-state index contributed by atoms with van der Waals surface area (Å²) < 4.78 is 11.1. The molecule has 2 atom stereocenters. The molecule has 6 heteroatoms. The zero-order valence-corrected chi connectivity index (χ0v) is 21.2. The highest BCUT2D eigenvalue weighted by molar-refractivity contribution is 5.93. The monoisotopic (exact) mass is 474 g/mol. The van der Waals surface area contributed by atoms with Crippen LogP contribution in [0, 0.1) is 12.8 Å². The molecule has 1 saturated heterocycles. The van der Waals surface area contributed by atoms with Gasteiger partial charge < -0.3 is 14.4 Å². The Labute approximate surface area is 207 Å². The number of methoxy groups -OCH3 is 1. The van der Waals surface area contributed by atoms with Crippen LogP contribution in [0.25, 0.3) is 10.9 Å². The number of hydrogen-bond acceptors (Lipinski definition) is 5. The van der Waals surface area contributed by atoms with Crippen LogP contribution in [0.4, 0.5) is 0 Å². The van der Waals surface area contributed by atoms with Crippen LogP contribution in [0.5, 0.6) is 5.75 Å². The summed E-state index contributed by atoms with van der Waals surface area (Å²) in [6.07, 6.45) is 1.24. The number of nitrogens with zero attached hydrogens (tertiary/aromatic N) is 2. The number of aromatic nitrogens is 1. The fraction of sp³-hybridized carbons (Fsp3) is 0.414. The molecule has 1 aliphatic heterocycles. The summed E-state index contributed by atoms with van der Waals surface area (Å²) in [5.41, 5.74) is 3.25. The molecule has 6 nitrogen and oxygen atoms in total.